The quantitative estimate of drug-likeness (QED) is 0.550. The summed E-state index contributed by atoms with van der Waals surface area (Å²) in [5.41, 5.74) is -0.188. The van der Waals surface area contributed by atoms with E-state index in [-0.39, 0.29) is 24.5 Å². The molecule has 1 rings (SSSR count). The highest BCUT2D eigenvalue weighted by Crippen LogP contribution is 2.25. The first kappa shape index (κ1) is 11.4. The molecule has 82 valence electrons. The summed E-state index contributed by atoms with van der Waals surface area (Å²) in [6, 6.07) is 0. The van der Waals surface area contributed by atoms with E-state index in [9.17, 15) is 4.79 Å². The summed E-state index contributed by atoms with van der Waals surface area (Å²) in [6.45, 7) is 4.14. The Morgan fingerprint density at radius 2 is 2.36 bits per heavy atom. The van der Waals surface area contributed by atoms with Crippen molar-refractivity contribution in [3.05, 3.63) is 0 Å². The summed E-state index contributed by atoms with van der Waals surface area (Å²) >= 11 is 0. The number of hydrogen-bond acceptors (Lipinski definition) is 5. The predicted molar refractivity (Wildman–Crippen MR) is 49.8 cm³/mol. The largest absolute Gasteiger partial charge is 0.465 e. The molecule has 0 aromatic carbocycles. The zero-order valence-corrected chi connectivity index (χ0v) is 8.41. The van der Waals surface area contributed by atoms with Gasteiger partial charge in [0.05, 0.1) is 38.4 Å². The summed E-state index contributed by atoms with van der Waals surface area (Å²) in [5, 5.41) is 12.0. The molecule has 0 amide bonds. The van der Waals surface area contributed by atoms with Crippen LogP contribution in [-0.2, 0) is 14.3 Å². The molecule has 1 saturated heterocycles. The van der Waals surface area contributed by atoms with E-state index in [1.807, 2.05) is 0 Å². The lowest BCUT2D eigenvalue weighted by Gasteiger charge is -2.39. The molecule has 0 radical (unpaired) electrons. The maximum absolute atomic E-state index is 10.9. The molecule has 14 heavy (non-hydrogen) atoms. The number of aliphatic hydroxyl groups is 1. The first-order valence-corrected chi connectivity index (χ1v) is 4.77. The van der Waals surface area contributed by atoms with Crippen molar-refractivity contribution in [2.24, 2.45) is 5.41 Å². The fraction of sp³-hybridized carbons (Fsp3) is 0.889. The fourth-order valence-electron chi connectivity index (χ4n) is 1.28. The van der Waals surface area contributed by atoms with Gasteiger partial charge in [-0.05, 0) is 6.92 Å². The summed E-state index contributed by atoms with van der Waals surface area (Å²) < 4.78 is 9.76. The van der Waals surface area contributed by atoms with Gasteiger partial charge in [-0.25, -0.2) is 0 Å². The third-order valence-electron chi connectivity index (χ3n) is 2.23. The predicted octanol–water partition coefficient (Wildman–Crippen LogP) is -0.852. The van der Waals surface area contributed by atoms with E-state index in [1.54, 1.807) is 6.92 Å². The topological polar surface area (TPSA) is 67.8 Å². The zero-order chi connectivity index (χ0) is 10.4. The number of carbonyl (C=O) groups excluding carboxylic acids is 1. The molecule has 0 atom stereocenters. The third kappa shape index (κ3) is 2.94. The van der Waals surface area contributed by atoms with E-state index in [2.05, 4.69) is 5.32 Å². The Labute approximate surface area is 83.4 Å². The molecule has 0 saturated carbocycles. The minimum Gasteiger partial charge on any atom is -0.465 e. The van der Waals surface area contributed by atoms with Crippen LogP contribution >= 0.6 is 0 Å². The second-order valence-corrected chi connectivity index (χ2v) is 3.56. The number of ether oxygens (including phenoxy) is 2. The number of carbonyl (C=O) groups is 1. The molecule has 1 heterocycles. The fourth-order valence-corrected chi connectivity index (χ4v) is 1.28. The Morgan fingerprint density at radius 3 is 2.79 bits per heavy atom. The number of rotatable bonds is 6. The molecule has 0 spiro atoms. The first-order chi connectivity index (χ1) is 6.72. The van der Waals surface area contributed by atoms with E-state index < -0.39 is 0 Å². The molecule has 0 aromatic rings. The second-order valence-electron chi connectivity index (χ2n) is 3.56. The van der Waals surface area contributed by atoms with Crippen LogP contribution in [0.4, 0.5) is 0 Å². The van der Waals surface area contributed by atoms with Crippen LogP contribution in [0.25, 0.3) is 0 Å². The lowest BCUT2D eigenvalue weighted by molar-refractivity contribution is -0.145. The molecule has 1 aliphatic heterocycles. The average Bonchev–Trinajstić information content (AvgIpc) is 2.10. The molecule has 0 aliphatic carbocycles. The molecule has 0 unspecified atom stereocenters. The normalized spacial score (nSPS) is 18.7. The summed E-state index contributed by atoms with van der Waals surface area (Å²) in [5.74, 6) is -0.263. The highest BCUT2D eigenvalue weighted by Gasteiger charge is 2.37. The molecule has 5 heteroatoms. The minimum absolute atomic E-state index is 0.0861. The number of hydrogen-bond donors (Lipinski definition) is 2. The van der Waals surface area contributed by atoms with Crippen LogP contribution in [-0.4, -0.2) is 50.6 Å². The molecule has 1 aliphatic rings. The van der Waals surface area contributed by atoms with Crippen LogP contribution in [0.2, 0.25) is 0 Å². The molecule has 0 aromatic heterocycles. The minimum atomic E-state index is -0.263. The van der Waals surface area contributed by atoms with Gasteiger partial charge in [-0.3, -0.25) is 4.79 Å². The molecular weight excluding hydrogens is 186 g/mol. The highest BCUT2D eigenvalue weighted by molar-refractivity contribution is 5.71. The lowest BCUT2D eigenvalue weighted by atomic mass is 9.87. The maximum atomic E-state index is 10.9. The van der Waals surface area contributed by atoms with Crippen LogP contribution in [0.5, 0.6) is 0 Å². The van der Waals surface area contributed by atoms with Crippen molar-refractivity contribution in [1.82, 2.24) is 5.32 Å². The van der Waals surface area contributed by atoms with E-state index in [4.69, 9.17) is 14.6 Å². The van der Waals surface area contributed by atoms with E-state index >= 15 is 0 Å². The highest BCUT2D eigenvalue weighted by atomic mass is 16.5. The van der Waals surface area contributed by atoms with Gasteiger partial charge in [0.1, 0.15) is 0 Å². The third-order valence-corrected chi connectivity index (χ3v) is 2.23. The van der Waals surface area contributed by atoms with Gasteiger partial charge < -0.3 is 19.9 Å². The Morgan fingerprint density at radius 1 is 1.64 bits per heavy atom. The SMILES string of the molecule is CCOC(=O)CNCC1(CO)COC1. The van der Waals surface area contributed by atoms with E-state index in [1.165, 1.54) is 0 Å². The Kier molecular flexibility index (Phi) is 4.31. The lowest BCUT2D eigenvalue weighted by Crippen LogP contribution is -2.52. The second kappa shape index (κ2) is 5.29. The van der Waals surface area contributed by atoms with Gasteiger partial charge in [0, 0.05) is 6.54 Å². The maximum Gasteiger partial charge on any atom is 0.319 e. The Bertz CT molecular complexity index is 186. The molecule has 2 N–H and O–H groups in total. The number of aliphatic hydroxyl groups excluding tert-OH is 1. The molecule has 0 bridgehead atoms. The van der Waals surface area contributed by atoms with Crippen molar-refractivity contribution in [2.75, 3.05) is 39.5 Å². The average molecular weight is 203 g/mol. The van der Waals surface area contributed by atoms with Crippen LogP contribution in [0, 0.1) is 5.41 Å². The van der Waals surface area contributed by atoms with Gasteiger partial charge in [-0.1, -0.05) is 0 Å². The van der Waals surface area contributed by atoms with Crippen molar-refractivity contribution < 1.29 is 19.4 Å². The summed E-state index contributed by atoms with van der Waals surface area (Å²) in [4.78, 5) is 10.9. The number of nitrogens with one attached hydrogen (secondary N) is 1. The van der Waals surface area contributed by atoms with Gasteiger partial charge in [-0.2, -0.15) is 0 Å². The van der Waals surface area contributed by atoms with Crippen molar-refractivity contribution in [2.45, 2.75) is 6.92 Å². The summed E-state index contributed by atoms with van der Waals surface area (Å²) in [6.07, 6.45) is 0. The Hall–Kier alpha value is -0.650. The van der Waals surface area contributed by atoms with Crippen molar-refractivity contribution >= 4 is 5.97 Å². The number of esters is 1. The van der Waals surface area contributed by atoms with Gasteiger partial charge in [-0.15, -0.1) is 0 Å². The summed E-state index contributed by atoms with van der Waals surface area (Å²) in [7, 11) is 0. The van der Waals surface area contributed by atoms with Crippen molar-refractivity contribution in [3.8, 4) is 0 Å². The van der Waals surface area contributed by atoms with Crippen LogP contribution in [0.1, 0.15) is 6.92 Å². The standard InChI is InChI=1S/C9H17NO4/c1-2-14-8(12)3-10-4-9(5-11)6-13-7-9/h10-11H,2-7H2,1H3. The monoisotopic (exact) mass is 203 g/mol. The van der Waals surface area contributed by atoms with Crippen molar-refractivity contribution in [1.29, 1.82) is 0 Å². The van der Waals surface area contributed by atoms with Gasteiger partial charge >= 0.3 is 5.97 Å². The van der Waals surface area contributed by atoms with E-state index in [0.717, 1.165) is 0 Å². The molecule has 1 fully saturated rings. The van der Waals surface area contributed by atoms with Gasteiger partial charge in [0.25, 0.3) is 0 Å². The first-order valence-electron chi connectivity index (χ1n) is 4.77. The Balaban J connectivity index is 2.11. The molecule has 5 nitrogen and oxygen atoms in total. The van der Waals surface area contributed by atoms with Gasteiger partial charge in [0.15, 0.2) is 0 Å². The zero-order valence-electron chi connectivity index (χ0n) is 8.41. The van der Waals surface area contributed by atoms with Crippen molar-refractivity contribution in [3.63, 3.8) is 0 Å². The van der Waals surface area contributed by atoms with Crippen LogP contribution in [0.3, 0.4) is 0 Å². The molecular formula is C9H17NO4. The van der Waals surface area contributed by atoms with Gasteiger partial charge in [0.2, 0.25) is 0 Å². The van der Waals surface area contributed by atoms with Crippen LogP contribution < -0.4 is 5.32 Å². The smallest absolute Gasteiger partial charge is 0.319 e. The van der Waals surface area contributed by atoms with E-state index in [0.29, 0.717) is 26.4 Å². The van der Waals surface area contributed by atoms with Crippen LogP contribution in [0.15, 0.2) is 0 Å².